The number of rotatable bonds is 7. The van der Waals surface area contributed by atoms with Crippen LogP contribution in [0.2, 0.25) is 0 Å². The maximum atomic E-state index is 11.8. The van der Waals surface area contributed by atoms with Crippen LogP contribution in [0.1, 0.15) is 19.3 Å². The fourth-order valence-corrected chi connectivity index (χ4v) is 2.97. The zero-order valence-electron chi connectivity index (χ0n) is 12.0. The molecule has 0 spiro atoms. The van der Waals surface area contributed by atoms with Gasteiger partial charge in [0.2, 0.25) is 10.0 Å². The zero-order chi connectivity index (χ0) is 15.1. The average molecular weight is 310 g/mol. The van der Waals surface area contributed by atoms with E-state index in [4.69, 9.17) is 5.73 Å². The van der Waals surface area contributed by atoms with Crippen LogP contribution < -0.4 is 15.8 Å². The number of para-hydroxylation sites is 1. The molecule has 1 aromatic carbocycles. The number of aliphatic imine (C=N–C) groups is 1. The lowest BCUT2D eigenvalue weighted by Gasteiger charge is -2.25. The third-order valence-electron chi connectivity index (χ3n) is 3.51. The van der Waals surface area contributed by atoms with Gasteiger partial charge in [0.25, 0.3) is 0 Å². The first-order valence-electron chi connectivity index (χ1n) is 7.14. The highest BCUT2D eigenvalue weighted by molar-refractivity contribution is 7.89. The third-order valence-corrected chi connectivity index (χ3v) is 4.83. The summed E-state index contributed by atoms with van der Waals surface area (Å²) >= 11 is 0. The number of nitrogens with one attached hydrogen (secondary N) is 2. The van der Waals surface area contributed by atoms with Crippen molar-refractivity contribution in [1.82, 2.24) is 4.72 Å². The molecule has 1 aliphatic carbocycles. The van der Waals surface area contributed by atoms with Crippen molar-refractivity contribution in [3.63, 3.8) is 0 Å². The fourth-order valence-electron chi connectivity index (χ4n) is 2.01. The summed E-state index contributed by atoms with van der Waals surface area (Å²) in [4.78, 5) is 4.03. The molecule has 2 rings (SSSR count). The van der Waals surface area contributed by atoms with E-state index >= 15 is 0 Å². The predicted octanol–water partition coefficient (Wildman–Crippen LogP) is 1.13. The summed E-state index contributed by atoms with van der Waals surface area (Å²) in [6.45, 7) is 0.690. The molecule has 0 atom stereocenters. The molecule has 0 aliphatic heterocycles. The Morgan fingerprint density at radius 2 is 2.00 bits per heavy atom. The number of hydrogen-bond acceptors (Lipinski definition) is 3. The molecule has 7 heteroatoms. The van der Waals surface area contributed by atoms with E-state index in [1.165, 1.54) is 6.42 Å². The van der Waals surface area contributed by atoms with Crippen LogP contribution in [0, 0.1) is 5.92 Å². The minimum atomic E-state index is -3.26. The quantitative estimate of drug-likeness (QED) is 0.519. The summed E-state index contributed by atoms with van der Waals surface area (Å²) in [6, 6.07) is 9.38. The van der Waals surface area contributed by atoms with Gasteiger partial charge in [-0.25, -0.2) is 13.1 Å². The van der Waals surface area contributed by atoms with E-state index in [9.17, 15) is 8.42 Å². The summed E-state index contributed by atoms with van der Waals surface area (Å²) in [5.74, 6) is 0.681. The maximum absolute atomic E-state index is 11.8. The number of anilines is 1. The van der Waals surface area contributed by atoms with Crippen molar-refractivity contribution in [3.8, 4) is 0 Å². The Morgan fingerprint density at radius 3 is 2.62 bits per heavy atom. The van der Waals surface area contributed by atoms with E-state index in [2.05, 4.69) is 15.0 Å². The predicted molar refractivity (Wildman–Crippen MR) is 85.7 cm³/mol. The molecule has 0 bridgehead atoms. The smallest absolute Gasteiger partial charge is 0.213 e. The van der Waals surface area contributed by atoms with E-state index in [0.717, 1.165) is 18.5 Å². The lowest BCUT2D eigenvalue weighted by molar-refractivity contribution is 0.316. The average Bonchev–Trinajstić information content (AvgIpc) is 2.37. The number of nitrogens with two attached hydrogens (primary N) is 1. The summed E-state index contributed by atoms with van der Waals surface area (Å²) in [7, 11) is -3.26. The molecule has 0 radical (unpaired) electrons. The van der Waals surface area contributed by atoms with Crippen molar-refractivity contribution in [2.45, 2.75) is 19.3 Å². The highest BCUT2D eigenvalue weighted by atomic mass is 32.2. The molecule has 21 heavy (non-hydrogen) atoms. The molecule has 1 fully saturated rings. The SMILES string of the molecule is NC(=NCCS(=O)(=O)NCC1CCC1)Nc1ccccc1. The maximum Gasteiger partial charge on any atom is 0.213 e. The molecule has 116 valence electrons. The second-order valence-electron chi connectivity index (χ2n) is 5.22. The fraction of sp³-hybridized carbons (Fsp3) is 0.500. The Bertz CT molecular complexity index is 568. The molecule has 0 unspecified atom stereocenters. The van der Waals surface area contributed by atoms with Gasteiger partial charge in [0, 0.05) is 12.2 Å². The molecule has 1 saturated carbocycles. The van der Waals surface area contributed by atoms with Crippen LogP contribution in [0.3, 0.4) is 0 Å². The van der Waals surface area contributed by atoms with Crippen LogP contribution in [-0.2, 0) is 10.0 Å². The lowest BCUT2D eigenvalue weighted by Crippen LogP contribution is -2.34. The van der Waals surface area contributed by atoms with Crippen LogP contribution in [0.4, 0.5) is 5.69 Å². The van der Waals surface area contributed by atoms with E-state index in [1.54, 1.807) is 0 Å². The highest BCUT2D eigenvalue weighted by Crippen LogP contribution is 2.25. The monoisotopic (exact) mass is 310 g/mol. The molecule has 0 amide bonds. The molecule has 0 heterocycles. The largest absolute Gasteiger partial charge is 0.370 e. The van der Waals surface area contributed by atoms with Gasteiger partial charge in [-0.2, -0.15) is 0 Å². The summed E-state index contributed by atoms with van der Waals surface area (Å²) in [5, 5.41) is 2.91. The molecule has 6 nitrogen and oxygen atoms in total. The van der Waals surface area contributed by atoms with Crippen LogP contribution in [0.25, 0.3) is 0 Å². The Labute approximate surface area is 125 Å². The van der Waals surface area contributed by atoms with Crippen LogP contribution >= 0.6 is 0 Å². The van der Waals surface area contributed by atoms with Crippen molar-refractivity contribution in [2.24, 2.45) is 16.6 Å². The highest BCUT2D eigenvalue weighted by Gasteiger charge is 2.19. The number of hydrogen-bond donors (Lipinski definition) is 3. The van der Waals surface area contributed by atoms with Gasteiger partial charge in [0.05, 0.1) is 12.3 Å². The van der Waals surface area contributed by atoms with Crippen LogP contribution in [-0.4, -0.2) is 33.2 Å². The van der Waals surface area contributed by atoms with E-state index < -0.39 is 10.0 Å². The minimum absolute atomic E-state index is 0.0448. The van der Waals surface area contributed by atoms with Crippen molar-refractivity contribution in [1.29, 1.82) is 0 Å². The Balaban J connectivity index is 1.72. The Morgan fingerprint density at radius 1 is 1.29 bits per heavy atom. The molecule has 1 aliphatic rings. The molecule has 0 aromatic heterocycles. The Kier molecular flexibility index (Phi) is 5.58. The number of benzene rings is 1. The number of nitrogens with zero attached hydrogens (tertiary/aromatic N) is 1. The minimum Gasteiger partial charge on any atom is -0.370 e. The van der Waals surface area contributed by atoms with E-state index in [1.807, 2.05) is 30.3 Å². The first-order valence-corrected chi connectivity index (χ1v) is 8.80. The lowest BCUT2D eigenvalue weighted by atomic mass is 9.86. The first kappa shape index (κ1) is 15.8. The zero-order valence-corrected chi connectivity index (χ0v) is 12.8. The second-order valence-corrected chi connectivity index (χ2v) is 7.15. The first-order chi connectivity index (χ1) is 10.1. The second kappa shape index (κ2) is 7.42. The number of sulfonamides is 1. The third kappa shape index (κ3) is 5.73. The molecule has 1 aromatic rings. The molecule has 4 N–H and O–H groups in total. The topological polar surface area (TPSA) is 96.6 Å². The van der Waals surface area contributed by atoms with Crippen molar-refractivity contribution in [2.75, 3.05) is 24.2 Å². The van der Waals surface area contributed by atoms with Gasteiger partial charge in [-0.05, 0) is 30.9 Å². The van der Waals surface area contributed by atoms with Gasteiger partial charge in [-0.15, -0.1) is 0 Å². The van der Waals surface area contributed by atoms with Crippen molar-refractivity contribution >= 4 is 21.7 Å². The molecular weight excluding hydrogens is 288 g/mol. The van der Waals surface area contributed by atoms with Gasteiger partial charge in [-0.3, -0.25) is 4.99 Å². The normalized spacial score (nSPS) is 16.5. The van der Waals surface area contributed by atoms with Crippen LogP contribution in [0.15, 0.2) is 35.3 Å². The summed E-state index contributed by atoms with van der Waals surface area (Å²) in [5.41, 5.74) is 6.54. The summed E-state index contributed by atoms with van der Waals surface area (Å²) < 4.78 is 26.2. The van der Waals surface area contributed by atoms with Crippen molar-refractivity contribution in [3.05, 3.63) is 30.3 Å². The van der Waals surface area contributed by atoms with Gasteiger partial charge >= 0.3 is 0 Å². The molecule has 0 saturated heterocycles. The molecular formula is C14H22N4O2S. The Hall–Kier alpha value is -1.60. The van der Waals surface area contributed by atoms with Gasteiger partial charge < -0.3 is 11.1 Å². The standard InChI is InChI=1S/C14H22N4O2S/c15-14(18-13-7-2-1-3-8-13)16-9-10-21(19,20)17-11-12-5-4-6-12/h1-3,7-8,12,17H,4-6,9-11H2,(H3,15,16,18). The van der Waals surface area contributed by atoms with Gasteiger partial charge in [0.15, 0.2) is 5.96 Å². The van der Waals surface area contributed by atoms with Gasteiger partial charge in [0.1, 0.15) is 0 Å². The van der Waals surface area contributed by atoms with Gasteiger partial charge in [-0.1, -0.05) is 24.6 Å². The summed E-state index contributed by atoms with van der Waals surface area (Å²) in [6.07, 6.45) is 3.45. The van der Waals surface area contributed by atoms with Crippen LogP contribution in [0.5, 0.6) is 0 Å². The van der Waals surface area contributed by atoms with Crippen molar-refractivity contribution < 1.29 is 8.42 Å². The number of guanidine groups is 1. The van der Waals surface area contributed by atoms with E-state index in [0.29, 0.717) is 12.5 Å². The van der Waals surface area contributed by atoms with E-state index in [-0.39, 0.29) is 18.3 Å².